The molecule has 0 fully saturated rings. The number of allylic oxidation sites excluding steroid dienone is 2. The quantitative estimate of drug-likeness (QED) is 0.594. The third-order valence-corrected chi connectivity index (χ3v) is 3.29. The first-order valence-electron chi connectivity index (χ1n) is 8.10. The van der Waals surface area contributed by atoms with Gasteiger partial charge < -0.3 is 0 Å². The van der Waals surface area contributed by atoms with Gasteiger partial charge in [-0.2, -0.15) is 0 Å². The summed E-state index contributed by atoms with van der Waals surface area (Å²) >= 11 is 0. The summed E-state index contributed by atoms with van der Waals surface area (Å²) in [4.78, 5) is 4.79. The first-order valence-corrected chi connectivity index (χ1v) is 8.10. The fraction of sp³-hybridized carbons (Fsp3) is 0.286. The molecule has 0 heterocycles. The Bertz CT molecular complexity index is 580. The van der Waals surface area contributed by atoms with Crippen molar-refractivity contribution in [2.45, 2.75) is 40.7 Å². The van der Waals surface area contributed by atoms with E-state index >= 15 is 0 Å². The zero-order valence-electron chi connectivity index (χ0n) is 14.2. The normalized spacial score (nSPS) is 11.6. The van der Waals surface area contributed by atoms with Crippen LogP contribution in [0, 0.1) is 0 Å². The van der Waals surface area contributed by atoms with Crippen LogP contribution in [0.4, 0.5) is 0 Å². The maximum Gasteiger partial charge on any atom is 0.0650 e. The van der Waals surface area contributed by atoms with Crippen LogP contribution in [-0.2, 0) is 6.54 Å². The van der Waals surface area contributed by atoms with Crippen molar-refractivity contribution >= 4 is 5.71 Å². The standard InChI is InChI=1S/C19H21N.C2H6/c1-3-16(2)14-19(18-12-8-5-9-13-18)20-15-17-10-6-4-7-11-17;1-2/h4-14H,3,15H2,1-2H3;1-2H3/b16-14-,20-19?;. The van der Waals surface area contributed by atoms with Gasteiger partial charge >= 0.3 is 0 Å². The first-order chi connectivity index (χ1) is 10.8. The number of benzene rings is 2. The summed E-state index contributed by atoms with van der Waals surface area (Å²) in [5, 5.41) is 0. The largest absolute Gasteiger partial charge is 0.280 e. The van der Waals surface area contributed by atoms with Crippen molar-refractivity contribution in [3.63, 3.8) is 0 Å². The number of hydrogen-bond acceptors (Lipinski definition) is 1. The molecule has 0 saturated carbocycles. The van der Waals surface area contributed by atoms with Crippen molar-refractivity contribution in [1.82, 2.24) is 0 Å². The summed E-state index contributed by atoms with van der Waals surface area (Å²) < 4.78 is 0. The van der Waals surface area contributed by atoms with Crippen LogP contribution in [-0.4, -0.2) is 5.71 Å². The van der Waals surface area contributed by atoms with E-state index in [0.29, 0.717) is 0 Å². The molecule has 1 nitrogen and oxygen atoms in total. The summed E-state index contributed by atoms with van der Waals surface area (Å²) in [7, 11) is 0. The Kier molecular flexibility index (Phi) is 8.59. The number of nitrogens with zero attached hydrogens (tertiary/aromatic N) is 1. The maximum atomic E-state index is 4.79. The predicted molar refractivity (Wildman–Crippen MR) is 98.5 cm³/mol. The van der Waals surface area contributed by atoms with Crippen LogP contribution >= 0.6 is 0 Å². The lowest BCUT2D eigenvalue weighted by Crippen LogP contribution is -1.99. The minimum Gasteiger partial charge on any atom is -0.280 e. The van der Waals surface area contributed by atoms with E-state index in [1.807, 2.05) is 26.0 Å². The van der Waals surface area contributed by atoms with E-state index in [1.165, 1.54) is 16.7 Å². The van der Waals surface area contributed by atoms with Gasteiger partial charge in [0.25, 0.3) is 0 Å². The Morgan fingerprint density at radius 3 is 2.00 bits per heavy atom. The van der Waals surface area contributed by atoms with Gasteiger partial charge in [0, 0.05) is 0 Å². The Morgan fingerprint density at radius 1 is 0.909 bits per heavy atom. The minimum atomic E-state index is 0.721. The Morgan fingerprint density at radius 2 is 1.45 bits per heavy atom. The fourth-order valence-corrected chi connectivity index (χ4v) is 1.92. The van der Waals surface area contributed by atoms with Gasteiger partial charge in [-0.1, -0.05) is 87.0 Å². The zero-order chi connectivity index (χ0) is 16.2. The molecular weight excluding hydrogens is 266 g/mol. The van der Waals surface area contributed by atoms with Crippen molar-refractivity contribution in [3.05, 3.63) is 83.4 Å². The molecule has 0 unspecified atom stereocenters. The molecule has 0 bridgehead atoms. The third kappa shape index (κ3) is 6.09. The van der Waals surface area contributed by atoms with Gasteiger partial charge in [0.1, 0.15) is 0 Å². The van der Waals surface area contributed by atoms with Gasteiger partial charge in [-0.3, -0.25) is 4.99 Å². The van der Waals surface area contributed by atoms with E-state index in [2.05, 4.69) is 68.5 Å². The average Bonchev–Trinajstić information content (AvgIpc) is 2.61. The van der Waals surface area contributed by atoms with Crippen LogP contribution in [0.15, 0.2) is 77.3 Å². The van der Waals surface area contributed by atoms with Gasteiger partial charge in [0.2, 0.25) is 0 Å². The van der Waals surface area contributed by atoms with Gasteiger partial charge in [-0.25, -0.2) is 0 Å². The van der Waals surface area contributed by atoms with Gasteiger partial charge in [-0.05, 0) is 30.5 Å². The van der Waals surface area contributed by atoms with Gasteiger partial charge in [0.05, 0.1) is 12.3 Å². The molecule has 0 N–H and O–H groups in total. The lowest BCUT2D eigenvalue weighted by atomic mass is 10.1. The smallest absolute Gasteiger partial charge is 0.0650 e. The molecule has 2 aromatic rings. The number of rotatable bonds is 5. The summed E-state index contributed by atoms with van der Waals surface area (Å²) in [6.45, 7) is 9.05. The van der Waals surface area contributed by atoms with E-state index in [4.69, 9.17) is 4.99 Å². The Balaban J connectivity index is 0.00000116. The molecular formula is C21H27N. The van der Waals surface area contributed by atoms with E-state index in [-0.39, 0.29) is 0 Å². The van der Waals surface area contributed by atoms with Crippen LogP contribution in [0.25, 0.3) is 0 Å². The molecule has 0 radical (unpaired) electrons. The highest BCUT2D eigenvalue weighted by Crippen LogP contribution is 2.09. The molecule has 0 amide bonds. The second kappa shape index (κ2) is 10.6. The molecule has 22 heavy (non-hydrogen) atoms. The highest BCUT2D eigenvalue weighted by molar-refractivity contribution is 6.09. The second-order valence-electron chi connectivity index (χ2n) is 4.90. The average molecular weight is 293 g/mol. The SMILES string of the molecule is CC.CC/C(C)=C\C(=NCc1ccccc1)c1ccccc1. The fourth-order valence-electron chi connectivity index (χ4n) is 1.92. The molecule has 0 aliphatic heterocycles. The second-order valence-corrected chi connectivity index (χ2v) is 4.90. The highest BCUT2D eigenvalue weighted by atomic mass is 14.7. The van der Waals surface area contributed by atoms with Crippen molar-refractivity contribution in [1.29, 1.82) is 0 Å². The molecule has 116 valence electrons. The van der Waals surface area contributed by atoms with Crippen LogP contribution in [0.5, 0.6) is 0 Å². The van der Waals surface area contributed by atoms with Crippen LogP contribution in [0.3, 0.4) is 0 Å². The summed E-state index contributed by atoms with van der Waals surface area (Å²) in [6.07, 6.45) is 3.25. The van der Waals surface area contributed by atoms with Crippen LogP contribution in [0.2, 0.25) is 0 Å². The molecule has 2 rings (SSSR count). The summed E-state index contributed by atoms with van der Waals surface area (Å²) in [6, 6.07) is 20.8. The molecule has 1 heteroatoms. The van der Waals surface area contributed by atoms with E-state index in [9.17, 15) is 0 Å². The van der Waals surface area contributed by atoms with E-state index in [0.717, 1.165) is 18.7 Å². The Hall–Kier alpha value is -2.15. The molecule has 0 aliphatic carbocycles. The topological polar surface area (TPSA) is 12.4 Å². The van der Waals surface area contributed by atoms with E-state index in [1.54, 1.807) is 0 Å². The molecule has 0 saturated heterocycles. The van der Waals surface area contributed by atoms with Crippen molar-refractivity contribution in [3.8, 4) is 0 Å². The summed E-state index contributed by atoms with van der Waals surface area (Å²) in [5.74, 6) is 0. The maximum absolute atomic E-state index is 4.79. The molecule has 0 spiro atoms. The van der Waals surface area contributed by atoms with Gasteiger partial charge in [-0.15, -0.1) is 0 Å². The summed E-state index contributed by atoms with van der Waals surface area (Å²) in [5.41, 5.74) is 4.83. The van der Waals surface area contributed by atoms with Crippen molar-refractivity contribution < 1.29 is 0 Å². The Labute approximate surface area is 135 Å². The lowest BCUT2D eigenvalue weighted by molar-refractivity contribution is 1.06. The zero-order valence-corrected chi connectivity index (χ0v) is 14.2. The first kappa shape index (κ1) is 17.9. The molecule has 0 atom stereocenters. The highest BCUT2D eigenvalue weighted by Gasteiger charge is 2.00. The number of aliphatic imine (C=N–C) groups is 1. The monoisotopic (exact) mass is 293 g/mol. The lowest BCUT2D eigenvalue weighted by Gasteiger charge is -2.05. The van der Waals surface area contributed by atoms with Crippen molar-refractivity contribution in [2.24, 2.45) is 4.99 Å². The molecule has 0 aliphatic rings. The van der Waals surface area contributed by atoms with Crippen LogP contribution < -0.4 is 0 Å². The minimum absolute atomic E-state index is 0.721. The van der Waals surface area contributed by atoms with Crippen molar-refractivity contribution in [2.75, 3.05) is 0 Å². The predicted octanol–water partition coefficient (Wildman–Crippen LogP) is 6.06. The van der Waals surface area contributed by atoms with Gasteiger partial charge in [0.15, 0.2) is 0 Å². The third-order valence-electron chi connectivity index (χ3n) is 3.29. The number of hydrogen-bond donors (Lipinski definition) is 0. The van der Waals surface area contributed by atoms with E-state index < -0.39 is 0 Å². The van der Waals surface area contributed by atoms with Crippen LogP contribution in [0.1, 0.15) is 45.2 Å². The molecule has 2 aromatic carbocycles. The molecule has 0 aromatic heterocycles.